The van der Waals surface area contributed by atoms with Gasteiger partial charge in [0.1, 0.15) is 0 Å². The van der Waals surface area contributed by atoms with Crippen molar-refractivity contribution >= 4 is 11.8 Å². The molecule has 2 heteroatoms. The molecule has 0 saturated heterocycles. The summed E-state index contributed by atoms with van der Waals surface area (Å²) in [5, 5.41) is 3.54. The zero-order chi connectivity index (χ0) is 14.3. The molecule has 108 valence electrons. The molecule has 1 rings (SSSR count). The van der Waals surface area contributed by atoms with Gasteiger partial charge in [0.25, 0.3) is 0 Å². The molecule has 0 spiro atoms. The van der Waals surface area contributed by atoms with Crippen LogP contribution in [0.5, 0.6) is 0 Å². The lowest BCUT2D eigenvalue weighted by molar-refractivity contribution is 0.421. The van der Waals surface area contributed by atoms with Crippen LogP contribution in [-0.2, 0) is 5.75 Å². The Bertz CT molecular complexity index is 359. The minimum absolute atomic E-state index is 0.256. The third-order valence-corrected chi connectivity index (χ3v) is 4.04. The molecule has 1 aromatic carbocycles. The Balaban J connectivity index is 2.11. The van der Waals surface area contributed by atoms with E-state index in [9.17, 15) is 0 Å². The molecular formula is C17H29NS. The highest BCUT2D eigenvalue weighted by Crippen LogP contribution is 2.16. The van der Waals surface area contributed by atoms with Crippen LogP contribution >= 0.6 is 11.8 Å². The van der Waals surface area contributed by atoms with E-state index in [1.165, 1.54) is 35.3 Å². The van der Waals surface area contributed by atoms with Crippen LogP contribution in [0.1, 0.15) is 50.3 Å². The van der Waals surface area contributed by atoms with Gasteiger partial charge < -0.3 is 5.32 Å². The fourth-order valence-corrected chi connectivity index (χ4v) is 3.09. The quantitative estimate of drug-likeness (QED) is 0.726. The first-order valence-electron chi connectivity index (χ1n) is 7.27. The minimum atomic E-state index is 0.256. The molecule has 1 nitrogen and oxygen atoms in total. The summed E-state index contributed by atoms with van der Waals surface area (Å²) in [5.74, 6) is 2.41. The van der Waals surface area contributed by atoms with Crippen molar-refractivity contribution in [3.63, 3.8) is 0 Å². The Morgan fingerprint density at radius 3 is 2.21 bits per heavy atom. The Morgan fingerprint density at radius 2 is 1.63 bits per heavy atom. The number of benzene rings is 1. The Kier molecular flexibility index (Phi) is 6.95. The second-order valence-corrected chi connectivity index (χ2v) is 7.54. The van der Waals surface area contributed by atoms with Gasteiger partial charge in [-0.3, -0.25) is 0 Å². The van der Waals surface area contributed by atoms with Crippen molar-refractivity contribution in [2.75, 3.05) is 12.3 Å². The lowest BCUT2D eigenvalue weighted by Crippen LogP contribution is -2.36. The summed E-state index contributed by atoms with van der Waals surface area (Å²) >= 11 is 2.05. The van der Waals surface area contributed by atoms with E-state index in [1.54, 1.807) is 0 Å². The number of rotatable bonds is 7. The number of aryl methyl sites for hydroxylation is 2. The first-order chi connectivity index (χ1) is 8.87. The Hall–Kier alpha value is -0.470. The van der Waals surface area contributed by atoms with E-state index < -0.39 is 0 Å². The third kappa shape index (κ3) is 8.33. The summed E-state index contributed by atoms with van der Waals surface area (Å²) in [5.41, 5.74) is 4.48. The predicted octanol–water partition coefficient (Wildman–Crippen LogP) is 4.70. The summed E-state index contributed by atoms with van der Waals surface area (Å²) in [6.07, 6.45) is 2.58. The van der Waals surface area contributed by atoms with Crippen LogP contribution in [0.25, 0.3) is 0 Å². The van der Waals surface area contributed by atoms with Gasteiger partial charge in [-0.15, -0.1) is 0 Å². The molecule has 0 saturated carbocycles. The molecule has 1 N–H and O–H groups in total. The molecule has 19 heavy (non-hydrogen) atoms. The van der Waals surface area contributed by atoms with Gasteiger partial charge in [0, 0.05) is 11.3 Å². The largest absolute Gasteiger partial charge is 0.312 e. The smallest absolute Gasteiger partial charge is 0.0184 e. The fraction of sp³-hybridized carbons (Fsp3) is 0.647. The third-order valence-electron chi connectivity index (χ3n) is 2.92. The summed E-state index contributed by atoms with van der Waals surface area (Å²) in [6.45, 7) is 12.2. The molecule has 0 aliphatic carbocycles. The number of nitrogens with one attached hydrogen (secondary N) is 1. The van der Waals surface area contributed by atoms with Crippen molar-refractivity contribution in [2.45, 2.75) is 58.8 Å². The first kappa shape index (κ1) is 16.6. The van der Waals surface area contributed by atoms with E-state index in [4.69, 9.17) is 0 Å². The van der Waals surface area contributed by atoms with Gasteiger partial charge in [0.2, 0.25) is 0 Å². The van der Waals surface area contributed by atoms with Gasteiger partial charge in [-0.1, -0.05) is 29.3 Å². The average molecular weight is 279 g/mol. The van der Waals surface area contributed by atoms with Crippen molar-refractivity contribution in [3.8, 4) is 0 Å². The van der Waals surface area contributed by atoms with Crippen LogP contribution < -0.4 is 5.32 Å². The van der Waals surface area contributed by atoms with Crippen molar-refractivity contribution in [1.29, 1.82) is 0 Å². The zero-order valence-electron chi connectivity index (χ0n) is 13.2. The standard InChI is InChI=1S/C17H29NS/c1-14-10-15(2)12-16(11-14)13-19-9-7-6-8-18-17(3,4)5/h10-12,18H,6-9,13H2,1-5H3. The molecule has 0 aromatic heterocycles. The van der Waals surface area contributed by atoms with E-state index in [-0.39, 0.29) is 5.54 Å². The number of hydrogen-bond donors (Lipinski definition) is 1. The lowest BCUT2D eigenvalue weighted by Gasteiger charge is -2.20. The highest BCUT2D eigenvalue weighted by atomic mass is 32.2. The molecule has 0 bridgehead atoms. The van der Waals surface area contributed by atoms with Gasteiger partial charge in [-0.05, 0) is 65.3 Å². The van der Waals surface area contributed by atoms with E-state index in [2.05, 4.69) is 69.9 Å². The highest BCUT2D eigenvalue weighted by Gasteiger charge is 2.06. The summed E-state index contributed by atoms with van der Waals surface area (Å²) in [7, 11) is 0. The van der Waals surface area contributed by atoms with Crippen LogP contribution in [0, 0.1) is 13.8 Å². The number of unbranched alkanes of at least 4 members (excludes halogenated alkanes) is 1. The molecular weight excluding hydrogens is 250 g/mol. The van der Waals surface area contributed by atoms with E-state index >= 15 is 0 Å². The maximum atomic E-state index is 3.54. The second-order valence-electron chi connectivity index (χ2n) is 6.43. The topological polar surface area (TPSA) is 12.0 Å². The zero-order valence-corrected chi connectivity index (χ0v) is 14.0. The maximum Gasteiger partial charge on any atom is 0.0184 e. The Labute approximate surface area is 123 Å². The fourth-order valence-electron chi connectivity index (χ4n) is 2.13. The SMILES string of the molecule is Cc1cc(C)cc(CSCCCCNC(C)(C)C)c1. The summed E-state index contributed by atoms with van der Waals surface area (Å²) < 4.78 is 0. The number of thioether (sulfide) groups is 1. The minimum Gasteiger partial charge on any atom is -0.312 e. The van der Waals surface area contributed by atoms with Gasteiger partial charge in [0.15, 0.2) is 0 Å². The molecule has 0 aliphatic rings. The van der Waals surface area contributed by atoms with E-state index in [0.717, 1.165) is 12.3 Å². The molecule has 0 radical (unpaired) electrons. The van der Waals surface area contributed by atoms with Crippen LogP contribution in [0.3, 0.4) is 0 Å². The monoisotopic (exact) mass is 279 g/mol. The van der Waals surface area contributed by atoms with Gasteiger partial charge >= 0.3 is 0 Å². The molecule has 0 amide bonds. The van der Waals surface area contributed by atoms with Gasteiger partial charge in [0.05, 0.1) is 0 Å². The van der Waals surface area contributed by atoms with E-state index in [0.29, 0.717) is 0 Å². The van der Waals surface area contributed by atoms with Gasteiger partial charge in [-0.25, -0.2) is 0 Å². The molecule has 0 fully saturated rings. The molecule has 0 heterocycles. The van der Waals surface area contributed by atoms with Crippen LogP contribution in [-0.4, -0.2) is 17.8 Å². The lowest BCUT2D eigenvalue weighted by atomic mass is 10.1. The summed E-state index contributed by atoms with van der Waals surface area (Å²) in [6, 6.07) is 6.86. The van der Waals surface area contributed by atoms with E-state index in [1.807, 2.05) is 0 Å². The van der Waals surface area contributed by atoms with Crippen molar-refractivity contribution in [3.05, 3.63) is 34.9 Å². The van der Waals surface area contributed by atoms with Crippen LogP contribution in [0.15, 0.2) is 18.2 Å². The number of hydrogen-bond acceptors (Lipinski definition) is 2. The van der Waals surface area contributed by atoms with Crippen molar-refractivity contribution in [1.82, 2.24) is 5.32 Å². The first-order valence-corrected chi connectivity index (χ1v) is 8.42. The van der Waals surface area contributed by atoms with Crippen molar-refractivity contribution < 1.29 is 0 Å². The van der Waals surface area contributed by atoms with Crippen molar-refractivity contribution in [2.24, 2.45) is 0 Å². The predicted molar refractivity (Wildman–Crippen MR) is 89.1 cm³/mol. The second kappa shape index (κ2) is 7.96. The highest BCUT2D eigenvalue weighted by molar-refractivity contribution is 7.98. The molecule has 1 aromatic rings. The average Bonchev–Trinajstić information content (AvgIpc) is 2.25. The van der Waals surface area contributed by atoms with Crippen LogP contribution in [0.2, 0.25) is 0 Å². The Morgan fingerprint density at radius 1 is 1.00 bits per heavy atom. The summed E-state index contributed by atoms with van der Waals surface area (Å²) in [4.78, 5) is 0. The van der Waals surface area contributed by atoms with Crippen LogP contribution in [0.4, 0.5) is 0 Å². The maximum absolute atomic E-state index is 3.54. The normalized spacial score (nSPS) is 11.8. The molecule has 0 aliphatic heterocycles. The molecule has 0 unspecified atom stereocenters. The van der Waals surface area contributed by atoms with Gasteiger partial charge in [-0.2, -0.15) is 11.8 Å². The molecule has 0 atom stereocenters.